The molecule has 1 aromatic carbocycles. The summed E-state index contributed by atoms with van der Waals surface area (Å²) in [6.07, 6.45) is 2.67. The molecular formula is C15H22N2O. The molecule has 0 saturated heterocycles. The molecule has 98 valence electrons. The standard InChI is InChI=1S/C15H22N2O/c1-5-9-16-15(18)12(4)17-14-8-7-11(3)13(6-2)10-14/h5,7-8,10,12,17H,1,6,9H2,2-4H3,(H,16,18). The first-order valence-electron chi connectivity index (χ1n) is 6.33. The molecular weight excluding hydrogens is 224 g/mol. The minimum Gasteiger partial charge on any atom is -0.374 e. The van der Waals surface area contributed by atoms with Crippen LogP contribution in [0.1, 0.15) is 25.0 Å². The second-order valence-electron chi connectivity index (χ2n) is 4.39. The highest BCUT2D eigenvalue weighted by molar-refractivity contribution is 5.84. The van der Waals surface area contributed by atoms with Crippen LogP contribution in [-0.4, -0.2) is 18.5 Å². The molecule has 0 saturated carbocycles. The number of benzene rings is 1. The molecule has 0 spiro atoms. The van der Waals surface area contributed by atoms with Crippen LogP contribution in [0.25, 0.3) is 0 Å². The Hall–Kier alpha value is -1.77. The zero-order valence-corrected chi connectivity index (χ0v) is 11.4. The average Bonchev–Trinajstić information content (AvgIpc) is 2.37. The Balaban J connectivity index is 2.66. The zero-order chi connectivity index (χ0) is 13.5. The van der Waals surface area contributed by atoms with E-state index in [4.69, 9.17) is 0 Å². The third kappa shape index (κ3) is 3.91. The van der Waals surface area contributed by atoms with Gasteiger partial charge < -0.3 is 10.6 Å². The normalized spacial score (nSPS) is 11.7. The van der Waals surface area contributed by atoms with Crippen molar-refractivity contribution in [2.45, 2.75) is 33.2 Å². The van der Waals surface area contributed by atoms with Crippen LogP contribution in [0.3, 0.4) is 0 Å². The molecule has 0 aromatic heterocycles. The summed E-state index contributed by atoms with van der Waals surface area (Å²) in [4.78, 5) is 11.7. The van der Waals surface area contributed by atoms with Crippen LogP contribution < -0.4 is 10.6 Å². The lowest BCUT2D eigenvalue weighted by molar-refractivity contribution is -0.121. The third-order valence-electron chi connectivity index (χ3n) is 2.93. The summed E-state index contributed by atoms with van der Waals surface area (Å²) in [5, 5.41) is 5.98. The summed E-state index contributed by atoms with van der Waals surface area (Å²) in [5.74, 6) is -0.0199. The van der Waals surface area contributed by atoms with Crippen molar-refractivity contribution in [1.82, 2.24) is 5.32 Å². The van der Waals surface area contributed by atoms with Gasteiger partial charge in [-0.1, -0.05) is 19.1 Å². The van der Waals surface area contributed by atoms with E-state index in [1.54, 1.807) is 6.08 Å². The maximum Gasteiger partial charge on any atom is 0.242 e. The molecule has 0 heterocycles. The fourth-order valence-corrected chi connectivity index (χ4v) is 1.78. The number of nitrogens with one attached hydrogen (secondary N) is 2. The quantitative estimate of drug-likeness (QED) is 0.758. The van der Waals surface area contributed by atoms with Crippen molar-refractivity contribution < 1.29 is 4.79 Å². The number of carbonyl (C=O) groups is 1. The van der Waals surface area contributed by atoms with Gasteiger partial charge in [0.2, 0.25) is 5.91 Å². The Morgan fingerprint density at radius 1 is 1.50 bits per heavy atom. The topological polar surface area (TPSA) is 41.1 Å². The molecule has 1 aromatic rings. The van der Waals surface area contributed by atoms with E-state index in [0.717, 1.165) is 12.1 Å². The minimum absolute atomic E-state index is 0.0199. The molecule has 3 nitrogen and oxygen atoms in total. The number of carbonyl (C=O) groups excluding carboxylic acids is 1. The fraction of sp³-hybridized carbons (Fsp3) is 0.400. The van der Waals surface area contributed by atoms with E-state index in [1.165, 1.54) is 11.1 Å². The molecule has 3 heteroatoms. The van der Waals surface area contributed by atoms with Gasteiger partial charge in [0.05, 0.1) is 0 Å². The summed E-state index contributed by atoms with van der Waals surface area (Å²) in [6, 6.07) is 5.94. The first kappa shape index (κ1) is 14.3. The lowest BCUT2D eigenvalue weighted by Crippen LogP contribution is -2.37. The van der Waals surface area contributed by atoms with Gasteiger partial charge in [-0.05, 0) is 43.5 Å². The van der Waals surface area contributed by atoms with Crippen molar-refractivity contribution in [2.24, 2.45) is 0 Å². The van der Waals surface area contributed by atoms with Gasteiger partial charge in [0, 0.05) is 12.2 Å². The molecule has 18 heavy (non-hydrogen) atoms. The fourth-order valence-electron chi connectivity index (χ4n) is 1.78. The van der Waals surface area contributed by atoms with Gasteiger partial charge in [0.25, 0.3) is 0 Å². The number of amides is 1. The molecule has 0 aliphatic carbocycles. The van der Waals surface area contributed by atoms with E-state index in [1.807, 2.05) is 13.0 Å². The number of hydrogen-bond donors (Lipinski definition) is 2. The van der Waals surface area contributed by atoms with E-state index < -0.39 is 0 Å². The van der Waals surface area contributed by atoms with E-state index in [0.29, 0.717) is 6.54 Å². The summed E-state index contributed by atoms with van der Waals surface area (Å²) in [7, 11) is 0. The van der Waals surface area contributed by atoms with E-state index in [-0.39, 0.29) is 11.9 Å². The lowest BCUT2D eigenvalue weighted by atomic mass is 10.1. The third-order valence-corrected chi connectivity index (χ3v) is 2.93. The van der Waals surface area contributed by atoms with E-state index in [2.05, 4.69) is 43.2 Å². The van der Waals surface area contributed by atoms with Crippen molar-refractivity contribution in [3.8, 4) is 0 Å². The Morgan fingerprint density at radius 2 is 2.22 bits per heavy atom. The number of hydrogen-bond acceptors (Lipinski definition) is 2. The number of aryl methyl sites for hydroxylation is 2. The molecule has 1 atom stereocenters. The van der Waals surface area contributed by atoms with Crippen molar-refractivity contribution in [1.29, 1.82) is 0 Å². The Labute approximate surface area is 109 Å². The first-order chi connectivity index (χ1) is 8.58. The Kier molecular flexibility index (Phi) is 5.43. The van der Waals surface area contributed by atoms with E-state index >= 15 is 0 Å². The predicted octanol–water partition coefficient (Wildman–Crippen LogP) is 2.66. The smallest absolute Gasteiger partial charge is 0.242 e. The predicted molar refractivity (Wildman–Crippen MR) is 76.8 cm³/mol. The van der Waals surface area contributed by atoms with Gasteiger partial charge in [-0.15, -0.1) is 6.58 Å². The summed E-state index contributed by atoms with van der Waals surface area (Å²) < 4.78 is 0. The van der Waals surface area contributed by atoms with Crippen LogP contribution in [0.15, 0.2) is 30.9 Å². The van der Waals surface area contributed by atoms with E-state index in [9.17, 15) is 4.79 Å². The number of rotatable bonds is 6. The molecule has 0 aliphatic rings. The van der Waals surface area contributed by atoms with Gasteiger partial charge in [0.1, 0.15) is 6.04 Å². The van der Waals surface area contributed by atoms with Gasteiger partial charge in [-0.3, -0.25) is 4.79 Å². The summed E-state index contributed by atoms with van der Waals surface area (Å²) >= 11 is 0. The SMILES string of the molecule is C=CCNC(=O)C(C)Nc1ccc(C)c(CC)c1. The highest BCUT2D eigenvalue weighted by Crippen LogP contribution is 2.16. The minimum atomic E-state index is -0.252. The van der Waals surface area contributed by atoms with Crippen LogP contribution in [0.5, 0.6) is 0 Å². The molecule has 1 unspecified atom stereocenters. The Bertz CT molecular complexity index is 427. The summed E-state index contributed by atoms with van der Waals surface area (Å²) in [6.45, 7) is 10.2. The Morgan fingerprint density at radius 3 is 2.83 bits per heavy atom. The molecule has 1 amide bonds. The highest BCUT2D eigenvalue weighted by Gasteiger charge is 2.11. The van der Waals surface area contributed by atoms with Crippen LogP contribution in [-0.2, 0) is 11.2 Å². The van der Waals surface area contributed by atoms with Crippen LogP contribution in [0, 0.1) is 6.92 Å². The molecule has 0 radical (unpaired) electrons. The maximum absolute atomic E-state index is 11.7. The molecule has 0 aliphatic heterocycles. The second kappa shape index (κ2) is 6.84. The molecule has 0 fully saturated rings. The van der Waals surface area contributed by atoms with Gasteiger partial charge in [-0.2, -0.15) is 0 Å². The molecule has 1 rings (SSSR count). The maximum atomic E-state index is 11.7. The average molecular weight is 246 g/mol. The van der Waals surface area contributed by atoms with Gasteiger partial charge in [0.15, 0.2) is 0 Å². The summed E-state index contributed by atoms with van der Waals surface area (Å²) in [5.41, 5.74) is 3.57. The van der Waals surface area contributed by atoms with Gasteiger partial charge in [-0.25, -0.2) is 0 Å². The van der Waals surface area contributed by atoms with Crippen LogP contribution >= 0.6 is 0 Å². The van der Waals surface area contributed by atoms with Crippen molar-refractivity contribution in [3.05, 3.63) is 42.0 Å². The number of anilines is 1. The molecule has 2 N–H and O–H groups in total. The second-order valence-corrected chi connectivity index (χ2v) is 4.39. The zero-order valence-electron chi connectivity index (χ0n) is 11.4. The monoisotopic (exact) mass is 246 g/mol. The highest BCUT2D eigenvalue weighted by atomic mass is 16.2. The van der Waals surface area contributed by atoms with Crippen molar-refractivity contribution in [3.63, 3.8) is 0 Å². The lowest BCUT2D eigenvalue weighted by Gasteiger charge is -2.16. The van der Waals surface area contributed by atoms with Crippen LogP contribution in [0.4, 0.5) is 5.69 Å². The van der Waals surface area contributed by atoms with Crippen molar-refractivity contribution >= 4 is 11.6 Å². The first-order valence-corrected chi connectivity index (χ1v) is 6.33. The van der Waals surface area contributed by atoms with Gasteiger partial charge >= 0.3 is 0 Å². The molecule has 0 bridgehead atoms. The van der Waals surface area contributed by atoms with Crippen LogP contribution in [0.2, 0.25) is 0 Å². The van der Waals surface area contributed by atoms with Crippen molar-refractivity contribution in [2.75, 3.05) is 11.9 Å². The largest absolute Gasteiger partial charge is 0.374 e.